The fourth-order valence-electron chi connectivity index (χ4n) is 1.08. The van der Waals surface area contributed by atoms with Crippen molar-refractivity contribution < 1.29 is 14.4 Å². The first-order chi connectivity index (χ1) is 5.66. The van der Waals surface area contributed by atoms with E-state index in [1.807, 2.05) is 0 Å². The average molecular weight is 170 g/mol. The van der Waals surface area contributed by atoms with Crippen molar-refractivity contribution in [1.29, 1.82) is 0 Å². The van der Waals surface area contributed by atoms with Crippen LogP contribution in [-0.4, -0.2) is 29.7 Å². The molecule has 0 aromatic heterocycles. The summed E-state index contributed by atoms with van der Waals surface area (Å²) in [5.41, 5.74) is 2.43. The van der Waals surface area contributed by atoms with Crippen molar-refractivity contribution in [2.45, 2.75) is 13.3 Å². The van der Waals surface area contributed by atoms with E-state index in [4.69, 9.17) is 0 Å². The van der Waals surface area contributed by atoms with E-state index in [-0.39, 0.29) is 30.7 Å². The number of nitrogens with zero attached hydrogens (tertiary/aromatic N) is 1. The Balaban J connectivity index is 2.57. The number of amides is 2. The second kappa shape index (κ2) is 3.44. The van der Waals surface area contributed by atoms with Crippen molar-refractivity contribution in [2.24, 2.45) is 5.92 Å². The van der Waals surface area contributed by atoms with Gasteiger partial charge >= 0.3 is 0 Å². The zero-order valence-corrected chi connectivity index (χ0v) is 6.74. The van der Waals surface area contributed by atoms with Gasteiger partial charge in [-0.15, -0.1) is 0 Å². The molecule has 0 spiro atoms. The maximum absolute atomic E-state index is 11.1. The molecule has 1 heterocycles. The van der Waals surface area contributed by atoms with Crippen molar-refractivity contribution in [3.63, 3.8) is 0 Å². The molecule has 1 N–H and O–H groups in total. The Labute approximate surface area is 69.7 Å². The lowest BCUT2D eigenvalue weighted by Gasteiger charge is -2.12. The van der Waals surface area contributed by atoms with Crippen LogP contribution in [0.2, 0.25) is 0 Å². The van der Waals surface area contributed by atoms with Crippen molar-refractivity contribution >= 4 is 18.1 Å². The number of hydrogen-bond acceptors (Lipinski definition) is 4. The molecular formula is C7H10N2O3. The zero-order chi connectivity index (χ0) is 9.14. The van der Waals surface area contributed by atoms with Crippen LogP contribution in [0.5, 0.6) is 0 Å². The third-order valence-electron chi connectivity index (χ3n) is 1.70. The van der Waals surface area contributed by atoms with Crippen LogP contribution in [0.25, 0.3) is 0 Å². The van der Waals surface area contributed by atoms with Gasteiger partial charge in [0.2, 0.25) is 11.8 Å². The van der Waals surface area contributed by atoms with E-state index in [2.05, 4.69) is 5.43 Å². The monoisotopic (exact) mass is 170 g/mol. The molecule has 12 heavy (non-hydrogen) atoms. The molecule has 1 fully saturated rings. The predicted octanol–water partition coefficient (Wildman–Crippen LogP) is -0.915. The van der Waals surface area contributed by atoms with Crippen molar-refractivity contribution in [1.82, 2.24) is 10.4 Å². The van der Waals surface area contributed by atoms with E-state index in [0.717, 1.165) is 5.01 Å². The van der Waals surface area contributed by atoms with Gasteiger partial charge in [0.1, 0.15) is 6.29 Å². The Kier molecular flexibility index (Phi) is 2.54. The molecule has 0 aliphatic carbocycles. The van der Waals surface area contributed by atoms with E-state index in [1.165, 1.54) is 0 Å². The molecule has 2 amide bonds. The minimum absolute atomic E-state index is 0.00972. The third kappa shape index (κ3) is 1.50. The summed E-state index contributed by atoms with van der Waals surface area (Å²) >= 11 is 0. The lowest BCUT2D eigenvalue weighted by Crippen LogP contribution is -2.43. The lowest BCUT2D eigenvalue weighted by atomic mass is 10.1. The molecule has 0 aromatic carbocycles. The van der Waals surface area contributed by atoms with Gasteiger partial charge in [-0.05, 0) is 0 Å². The number of nitrogens with one attached hydrogen (secondary N) is 1. The molecule has 1 aliphatic heterocycles. The van der Waals surface area contributed by atoms with Crippen molar-refractivity contribution in [3.05, 3.63) is 0 Å². The third-order valence-corrected chi connectivity index (χ3v) is 1.70. The smallest absolute Gasteiger partial charge is 0.247 e. The van der Waals surface area contributed by atoms with Crippen LogP contribution in [0.3, 0.4) is 0 Å². The van der Waals surface area contributed by atoms with Crippen LogP contribution in [0.15, 0.2) is 0 Å². The van der Waals surface area contributed by atoms with Crippen LogP contribution >= 0.6 is 0 Å². The molecule has 0 bridgehead atoms. The standard InChI is InChI=1S/C7H10N2O3/c1-5-4-6(11)9(7(5)12)8-2-3-10/h3,5,8H,2,4H2,1H3. The van der Waals surface area contributed by atoms with Gasteiger partial charge in [0, 0.05) is 12.3 Å². The van der Waals surface area contributed by atoms with Gasteiger partial charge in [-0.3, -0.25) is 9.59 Å². The fourth-order valence-corrected chi connectivity index (χ4v) is 1.08. The van der Waals surface area contributed by atoms with E-state index in [1.54, 1.807) is 6.92 Å². The highest BCUT2D eigenvalue weighted by molar-refractivity contribution is 6.02. The Morgan fingerprint density at radius 3 is 2.75 bits per heavy atom. The van der Waals surface area contributed by atoms with E-state index >= 15 is 0 Å². The number of aldehydes is 1. The van der Waals surface area contributed by atoms with Gasteiger partial charge in [0.25, 0.3) is 0 Å². The Morgan fingerprint density at radius 1 is 1.67 bits per heavy atom. The molecule has 0 radical (unpaired) electrons. The number of hydrazine groups is 1. The molecule has 1 rings (SSSR count). The van der Waals surface area contributed by atoms with Gasteiger partial charge < -0.3 is 4.79 Å². The van der Waals surface area contributed by atoms with Gasteiger partial charge in [0.05, 0.1) is 6.54 Å². The summed E-state index contributed by atoms with van der Waals surface area (Å²) in [6, 6.07) is 0. The van der Waals surface area contributed by atoms with Crippen molar-refractivity contribution in [3.8, 4) is 0 Å². The van der Waals surface area contributed by atoms with Crippen LogP contribution < -0.4 is 5.43 Å². The lowest BCUT2D eigenvalue weighted by molar-refractivity contribution is -0.143. The van der Waals surface area contributed by atoms with Gasteiger partial charge in [-0.2, -0.15) is 0 Å². The molecule has 1 unspecified atom stereocenters. The van der Waals surface area contributed by atoms with Crippen LogP contribution in [0.1, 0.15) is 13.3 Å². The van der Waals surface area contributed by atoms with E-state index in [0.29, 0.717) is 6.29 Å². The van der Waals surface area contributed by atoms with E-state index < -0.39 is 0 Å². The molecule has 1 atom stereocenters. The highest BCUT2D eigenvalue weighted by Gasteiger charge is 2.35. The summed E-state index contributed by atoms with van der Waals surface area (Å²) in [4.78, 5) is 32.1. The number of rotatable bonds is 3. The minimum atomic E-state index is -0.269. The summed E-state index contributed by atoms with van der Waals surface area (Å²) < 4.78 is 0. The summed E-state index contributed by atoms with van der Waals surface area (Å²) in [6.07, 6.45) is 0.828. The molecule has 66 valence electrons. The fraction of sp³-hybridized carbons (Fsp3) is 0.571. The number of carbonyl (C=O) groups excluding carboxylic acids is 3. The second-order valence-corrected chi connectivity index (χ2v) is 2.70. The summed E-state index contributed by atoms with van der Waals surface area (Å²) in [5.74, 6) is -0.798. The van der Waals surface area contributed by atoms with Gasteiger partial charge in [-0.25, -0.2) is 10.4 Å². The minimum Gasteiger partial charge on any atom is -0.302 e. The first-order valence-corrected chi connectivity index (χ1v) is 3.70. The highest BCUT2D eigenvalue weighted by Crippen LogP contribution is 2.15. The average Bonchev–Trinajstić information content (AvgIpc) is 2.25. The number of carbonyl (C=O) groups is 3. The molecule has 5 nitrogen and oxygen atoms in total. The van der Waals surface area contributed by atoms with Crippen LogP contribution in [0.4, 0.5) is 0 Å². The first-order valence-electron chi connectivity index (χ1n) is 3.70. The SMILES string of the molecule is CC1CC(=O)N(NCC=O)C1=O. The molecular weight excluding hydrogens is 160 g/mol. The normalized spacial score (nSPS) is 23.4. The quantitative estimate of drug-likeness (QED) is 0.439. The molecule has 1 aliphatic rings. The maximum atomic E-state index is 11.1. The van der Waals surface area contributed by atoms with Crippen LogP contribution in [0, 0.1) is 5.92 Å². The van der Waals surface area contributed by atoms with Crippen LogP contribution in [-0.2, 0) is 14.4 Å². The Bertz CT molecular complexity index is 227. The predicted molar refractivity (Wildman–Crippen MR) is 39.7 cm³/mol. The number of hydrogen-bond donors (Lipinski definition) is 1. The van der Waals surface area contributed by atoms with E-state index in [9.17, 15) is 14.4 Å². The second-order valence-electron chi connectivity index (χ2n) is 2.70. The largest absolute Gasteiger partial charge is 0.302 e. The first kappa shape index (κ1) is 8.86. The maximum Gasteiger partial charge on any atom is 0.247 e. The molecule has 0 aromatic rings. The zero-order valence-electron chi connectivity index (χ0n) is 6.74. The van der Waals surface area contributed by atoms with Gasteiger partial charge in [-0.1, -0.05) is 6.92 Å². The van der Waals surface area contributed by atoms with Crippen molar-refractivity contribution in [2.75, 3.05) is 6.54 Å². The Morgan fingerprint density at radius 2 is 2.33 bits per heavy atom. The molecule has 1 saturated heterocycles. The molecule has 0 saturated carbocycles. The Hall–Kier alpha value is -1.23. The van der Waals surface area contributed by atoms with Gasteiger partial charge in [0.15, 0.2) is 0 Å². The summed E-state index contributed by atoms with van der Waals surface area (Å²) in [6.45, 7) is 1.67. The summed E-state index contributed by atoms with van der Waals surface area (Å²) in [7, 11) is 0. The summed E-state index contributed by atoms with van der Waals surface area (Å²) in [5, 5.41) is 0.916. The topological polar surface area (TPSA) is 66.5 Å². The number of imide groups is 1. The highest BCUT2D eigenvalue weighted by atomic mass is 16.2. The molecule has 5 heteroatoms.